The summed E-state index contributed by atoms with van der Waals surface area (Å²) in [4.78, 5) is 22.6. The average molecular weight is 198 g/mol. The molecule has 5 heteroatoms. The third kappa shape index (κ3) is 5.04. The van der Waals surface area contributed by atoms with E-state index in [1.54, 1.807) is 6.92 Å². The molecule has 0 rings (SSSR count). The van der Waals surface area contributed by atoms with Gasteiger partial charge in [-0.15, -0.1) is 12.3 Å². The lowest BCUT2D eigenvalue weighted by atomic mass is 10.2. The van der Waals surface area contributed by atoms with Crippen LogP contribution >= 0.6 is 0 Å². The molecule has 0 aromatic rings. The van der Waals surface area contributed by atoms with E-state index in [2.05, 4.69) is 11.2 Å². The number of carbonyl (C=O) groups is 2. The second-order valence-corrected chi connectivity index (χ2v) is 3.01. The number of carboxylic acids is 1. The molecule has 0 heterocycles. The van der Waals surface area contributed by atoms with Crippen LogP contribution in [0, 0.1) is 12.3 Å². The molecule has 1 atom stereocenters. The van der Waals surface area contributed by atoms with E-state index in [1.807, 2.05) is 0 Å². The first-order chi connectivity index (χ1) is 6.47. The SMILES string of the molecule is C#CCC(C)NC(=O)N(C)CC(=O)O. The van der Waals surface area contributed by atoms with Crippen molar-refractivity contribution in [2.45, 2.75) is 19.4 Å². The Morgan fingerprint density at radius 1 is 1.64 bits per heavy atom. The zero-order valence-electron chi connectivity index (χ0n) is 8.28. The Hall–Kier alpha value is -1.70. The Morgan fingerprint density at radius 2 is 2.21 bits per heavy atom. The molecule has 5 nitrogen and oxygen atoms in total. The van der Waals surface area contributed by atoms with E-state index in [0.29, 0.717) is 6.42 Å². The second kappa shape index (κ2) is 5.86. The Bertz CT molecular complexity index is 257. The van der Waals surface area contributed by atoms with Crippen LogP contribution in [-0.2, 0) is 4.79 Å². The Balaban J connectivity index is 3.96. The molecule has 0 bridgehead atoms. The first kappa shape index (κ1) is 12.3. The molecule has 0 aliphatic heterocycles. The van der Waals surface area contributed by atoms with E-state index < -0.39 is 12.0 Å². The molecule has 0 aromatic heterocycles. The fraction of sp³-hybridized carbons (Fsp3) is 0.556. The summed E-state index contributed by atoms with van der Waals surface area (Å²) in [6.07, 6.45) is 5.48. The monoisotopic (exact) mass is 198 g/mol. The lowest BCUT2D eigenvalue weighted by molar-refractivity contribution is -0.137. The van der Waals surface area contributed by atoms with Gasteiger partial charge in [0.1, 0.15) is 6.54 Å². The van der Waals surface area contributed by atoms with Crippen molar-refractivity contribution in [1.29, 1.82) is 0 Å². The zero-order valence-corrected chi connectivity index (χ0v) is 8.28. The minimum Gasteiger partial charge on any atom is -0.480 e. The number of rotatable bonds is 4. The minimum absolute atomic E-state index is 0.149. The summed E-state index contributed by atoms with van der Waals surface area (Å²) in [7, 11) is 1.41. The molecule has 2 amide bonds. The fourth-order valence-corrected chi connectivity index (χ4v) is 0.823. The number of carbonyl (C=O) groups excluding carboxylic acids is 1. The van der Waals surface area contributed by atoms with Crippen LogP contribution in [0.4, 0.5) is 4.79 Å². The van der Waals surface area contributed by atoms with E-state index in [-0.39, 0.29) is 12.6 Å². The molecule has 0 aromatic carbocycles. The highest BCUT2D eigenvalue weighted by molar-refractivity contribution is 5.79. The van der Waals surface area contributed by atoms with Gasteiger partial charge in [0.2, 0.25) is 0 Å². The first-order valence-corrected chi connectivity index (χ1v) is 4.14. The third-order valence-electron chi connectivity index (χ3n) is 1.51. The molecule has 14 heavy (non-hydrogen) atoms. The van der Waals surface area contributed by atoms with Crippen LogP contribution < -0.4 is 5.32 Å². The molecule has 1 unspecified atom stereocenters. The van der Waals surface area contributed by atoms with Crippen molar-refractivity contribution in [2.75, 3.05) is 13.6 Å². The predicted molar refractivity (Wildman–Crippen MR) is 51.7 cm³/mol. The van der Waals surface area contributed by atoms with Crippen molar-refractivity contribution in [3.05, 3.63) is 0 Å². The first-order valence-electron chi connectivity index (χ1n) is 4.14. The largest absolute Gasteiger partial charge is 0.480 e. The molecule has 0 spiro atoms. The lowest BCUT2D eigenvalue weighted by Gasteiger charge is -2.18. The number of nitrogens with zero attached hydrogens (tertiary/aromatic N) is 1. The number of hydrogen-bond donors (Lipinski definition) is 2. The van der Waals surface area contributed by atoms with Gasteiger partial charge in [0.25, 0.3) is 0 Å². The maximum Gasteiger partial charge on any atom is 0.323 e. The van der Waals surface area contributed by atoms with Crippen LogP contribution in [0.15, 0.2) is 0 Å². The topological polar surface area (TPSA) is 69.6 Å². The zero-order chi connectivity index (χ0) is 11.1. The molecular weight excluding hydrogens is 184 g/mol. The van der Waals surface area contributed by atoms with Crippen LogP contribution in [0.5, 0.6) is 0 Å². The van der Waals surface area contributed by atoms with Crippen LogP contribution in [0.25, 0.3) is 0 Å². The molecular formula is C9H14N2O3. The summed E-state index contributed by atoms with van der Waals surface area (Å²) in [5.74, 6) is 1.35. The number of terminal acetylenes is 1. The van der Waals surface area contributed by atoms with Crippen molar-refractivity contribution >= 4 is 12.0 Å². The summed E-state index contributed by atoms with van der Waals surface area (Å²) < 4.78 is 0. The maximum absolute atomic E-state index is 11.2. The van der Waals surface area contributed by atoms with Gasteiger partial charge in [-0.1, -0.05) is 0 Å². The summed E-state index contributed by atoms with van der Waals surface area (Å²) in [5.41, 5.74) is 0. The highest BCUT2D eigenvalue weighted by Gasteiger charge is 2.13. The molecule has 0 aliphatic carbocycles. The quantitative estimate of drug-likeness (QED) is 0.630. The number of nitrogens with one attached hydrogen (secondary N) is 1. The standard InChI is InChI=1S/C9H14N2O3/c1-4-5-7(2)10-9(14)11(3)6-8(12)13/h1,7H,5-6H2,2-3H3,(H,10,14)(H,12,13). The summed E-state index contributed by atoms with van der Waals surface area (Å²) in [6, 6.07) is -0.584. The van der Waals surface area contributed by atoms with Crippen molar-refractivity contribution in [2.24, 2.45) is 0 Å². The van der Waals surface area contributed by atoms with Crippen LogP contribution in [0.2, 0.25) is 0 Å². The third-order valence-corrected chi connectivity index (χ3v) is 1.51. The highest BCUT2D eigenvalue weighted by atomic mass is 16.4. The van der Waals surface area contributed by atoms with Crippen molar-refractivity contribution in [1.82, 2.24) is 10.2 Å². The van der Waals surface area contributed by atoms with Crippen molar-refractivity contribution in [3.8, 4) is 12.3 Å². The minimum atomic E-state index is -1.05. The number of likely N-dealkylation sites (N-methyl/N-ethyl adjacent to an activating group) is 1. The van der Waals surface area contributed by atoms with Gasteiger partial charge < -0.3 is 15.3 Å². The van der Waals surface area contributed by atoms with Gasteiger partial charge in [0.05, 0.1) is 0 Å². The van der Waals surface area contributed by atoms with Gasteiger partial charge in [0, 0.05) is 19.5 Å². The normalized spacial score (nSPS) is 11.2. The molecule has 0 radical (unpaired) electrons. The Morgan fingerprint density at radius 3 is 2.64 bits per heavy atom. The van der Waals surface area contributed by atoms with Crippen LogP contribution in [0.3, 0.4) is 0 Å². The second-order valence-electron chi connectivity index (χ2n) is 3.01. The number of hydrogen-bond acceptors (Lipinski definition) is 2. The average Bonchev–Trinajstić information content (AvgIpc) is 2.02. The van der Waals surface area contributed by atoms with Gasteiger partial charge in [0.15, 0.2) is 0 Å². The van der Waals surface area contributed by atoms with Crippen LogP contribution in [0.1, 0.15) is 13.3 Å². The maximum atomic E-state index is 11.2. The molecule has 78 valence electrons. The van der Waals surface area contributed by atoms with Crippen LogP contribution in [-0.4, -0.2) is 41.6 Å². The fourth-order valence-electron chi connectivity index (χ4n) is 0.823. The lowest BCUT2D eigenvalue weighted by Crippen LogP contribution is -2.43. The van der Waals surface area contributed by atoms with E-state index >= 15 is 0 Å². The number of amides is 2. The molecule has 0 saturated heterocycles. The van der Waals surface area contributed by atoms with Crippen molar-refractivity contribution in [3.63, 3.8) is 0 Å². The Kier molecular flexibility index (Phi) is 5.15. The summed E-state index contributed by atoms with van der Waals surface area (Å²) in [5, 5.41) is 11.0. The van der Waals surface area contributed by atoms with Gasteiger partial charge in [-0.25, -0.2) is 4.79 Å². The van der Waals surface area contributed by atoms with E-state index in [4.69, 9.17) is 11.5 Å². The van der Waals surface area contributed by atoms with Gasteiger partial charge in [-0.05, 0) is 6.92 Å². The summed E-state index contributed by atoms with van der Waals surface area (Å²) in [6.45, 7) is 1.43. The number of carboxylic acid groups (broad SMARTS) is 1. The van der Waals surface area contributed by atoms with E-state index in [1.165, 1.54) is 7.05 Å². The smallest absolute Gasteiger partial charge is 0.323 e. The molecule has 0 aliphatic rings. The number of aliphatic carboxylic acids is 1. The summed E-state index contributed by atoms with van der Waals surface area (Å²) >= 11 is 0. The Labute approximate surface area is 83.1 Å². The molecule has 2 N–H and O–H groups in total. The van der Waals surface area contributed by atoms with Gasteiger partial charge >= 0.3 is 12.0 Å². The predicted octanol–water partition coefficient (Wildman–Crippen LogP) is 0.124. The molecule has 0 saturated carbocycles. The van der Waals surface area contributed by atoms with E-state index in [9.17, 15) is 9.59 Å². The van der Waals surface area contributed by atoms with E-state index in [0.717, 1.165) is 4.90 Å². The van der Waals surface area contributed by atoms with Crippen molar-refractivity contribution < 1.29 is 14.7 Å². The molecule has 0 fully saturated rings. The number of urea groups is 1. The van der Waals surface area contributed by atoms with Gasteiger partial charge in [-0.2, -0.15) is 0 Å². The van der Waals surface area contributed by atoms with Gasteiger partial charge in [-0.3, -0.25) is 4.79 Å². The highest BCUT2D eigenvalue weighted by Crippen LogP contribution is 1.91.